The fourth-order valence-corrected chi connectivity index (χ4v) is 4.51. The predicted molar refractivity (Wildman–Crippen MR) is 168 cm³/mol. The van der Waals surface area contributed by atoms with E-state index in [4.69, 9.17) is 29.7 Å². The Kier molecular flexibility index (Phi) is 24.0. The zero-order valence-electron chi connectivity index (χ0n) is 27.6. The van der Waals surface area contributed by atoms with Crippen LogP contribution in [0.5, 0.6) is 0 Å². The lowest BCUT2D eigenvalue weighted by Crippen LogP contribution is -2.48. The summed E-state index contributed by atoms with van der Waals surface area (Å²) in [5, 5.41) is 8.00. The summed E-state index contributed by atoms with van der Waals surface area (Å²) in [4.78, 5) is 79.3. The molecule has 7 N–H and O–H groups in total. The molecule has 0 rings (SSSR count). The van der Waals surface area contributed by atoms with E-state index in [-0.39, 0.29) is 56.8 Å². The lowest BCUT2D eigenvalue weighted by molar-refractivity contribution is -0.147. The minimum atomic E-state index is -4.80. The first-order chi connectivity index (χ1) is 21.7. The van der Waals surface area contributed by atoms with Crippen LogP contribution in [-0.2, 0) is 47.3 Å². The third-order valence-corrected chi connectivity index (χ3v) is 6.97. The van der Waals surface area contributed by atoms with E-state index in [1.54, 1.807) is 6.92 Å². The van der Waals surface area contributed by atoms with Crippen molar-refractivity contribution in [2.45, 2.75) is 123 Å². The van der Waals surface area contributed by atoms with Crippen LogP contribution in [0.2, 0.25) is 0 Å². The number of ether oxygens (including phenoxy) is 3. The van der Waals surface area contributed by atoms with Crippen molar-refractivity contribution in [3.8, 4) is 0 Å². The third-order valence-electron chi connectivity index (χ3n) is 6.46. The number of nitrogens with two attached hydrogens (primary N) is 1. The topological polar surface area (TPSA) is 242 Å². The lowest BCUT2D eigenvalue weighted by Gasteiger charge is -2.22. The Morgan fingerprint density at radius 1 is 0.870 bits per heavy atom. The molecule has 0 saturated heterocycles. The molecule has 0 unspecified atom stereocenters. The van der Waals surface area contributed by atoms with Crippen molar-refractivity contribution in [2.24, 2.45) is 5.73 Å². The molecular formula is C29H55N4O12P. The van der Waals surface area contributed by atoms with Crippen LogP contribution in [0.25, 0.3) is 0 Å². The highest BCUT2D eigenvalue weighted by Gasteiger charge is 2.24. The SMILES string of the molecule is CCCCO[C@H](C)CC(=O)N[C@H](CCCNC(=O)[C@H](CCOP(=O)(O)O)NC(=O)C[C@@H](C)OC(C)=O)COC(=O)CCCCCN. The van der Waals surface area contributed by atoms with Gasteiger partial charge in [0.05, 0.1) is 31.6 Å². The molecule has 0 fully saturated rings. The number of nitrogens with one attached hydrogen (secondary N) is 3. The Morgan fingerprint density at radius 2 is 1.54 bits per heavy atom. The van der Waals surface area contributed by atoms with E-state index in [0.717, 1.165) is 25.7 Å². The molecule has 0 aromatic heterocycles. The molecule has 0 aliphatic rings. The van der Waals surface area contributed by atoms with E-state index in [1.165, 1.54) is 13.8 Å². The second-order valence-corrected chi connectivity index (χ2v) is 12.3. The summed E-state index contributed by atoms with van der Waals surface area (Å²) < 4.78 is 31.5. The number of amides is 3. The molecule has 46 heavy (non-hydrogen) atoms. The fourth-order valence-electron chi connectivity index (χ4n) is 4.17. The minimum absolute atomic E-state index is 0.0562. The number of rotatable bonds is 27. The van der Waals surface area contributed by atoms with Crippen molar-refractivity contribution in [1.82, 2.24) is 16.0 Å². The number of phosphoric ester groups is 1. The molecule has 0 aliphatic heterocycles. The van der Waals surface area contributed by atoms with Crippen LogP contribution < -0.4 is 21.7 Å². The van der Waals surface area contributed by atoms with Gasteiger partial charge in [-0.15, -0.1) is 0 Å². The smallest absolute Gasteiger partial charge is 0.463 e. The van der Waals surface area contributed by atoms with E-state index in [2.05, 4.69) is 20.5 Å². The molecule has 0 aromatic carbocycles. The summed E-state index contributed by atoms with van der Waals surface area (Å²) in [5.41, 5.74) is 5.48. The minimum Gasteiger partial charge on any atom is -0.463 e. The normalized spacial score (nSPS) is 14.0. The third kappa shape index (κ3) is 25.6. The Labute approximate surface area is 271 Å². The van der Waals surface area contributed by atoms with Gasteiger partial charge in [-0.1, -0.05) is 19.8 Å². The fraction of sp³-hybridized carbons (Fsp3) is 0.828. The maximum Gasteiger partial charge on any atom is 0.469 e. The first-order valence-corrected chi connectivity index (χ1v) is 17.4. The van der Waals surface area contributed by atoms with Gasteiger partial charge in [0.1, 0.15) is 18.8 Å². The van der Waals surface area contributed by atoms with E-state index in [1.807, 2.05) is 6.92 Å². The first-order valence-electron chi connectivity index (χ1n) is 15.9. The molecule has 0 spiro atoms. The van der Waals surface area contributed by atoms with Crippen LogP contribution in [0.4, 0.5) is 0 Å². The predicted octanol–water partition coefficient (Wildman–Crippen LogP) is 1.35. The summed E-state index contributed by atoms with van der Waals surface area (Å²) in [5.74, 6) is -2.49. The molecule has 3 amide bonds. The van der Waals surface area contributed by atoms with Gasteiger partial charge in [0.2, 0.25) is 17.7 Å². The van der Waals surface area contributed by atoms with Crippen LogP contribution in [0.15, 0.2) is 0 Å². The van der Waals surface area contributed by atoms with Gasteiger partial charge >= 0.3 is 19.8 Å². The van der Waals surface area contributed by atoms with Crippen molar-refractivity contribution < 1.29 is 57.1 Å². The molecule has 16 nitrogen and oxygen atoms in total. The summed E-state index contributed by atoms with van der Waals surface area (Å²) >= 11 is 0. The highest BCUT2D eigenvalue weighted by atomic mass is 31.2. The van der Waals surface area contributed by atoms with Crippen molar-refractivity contribution in [1.29, 1.82) is 0 Å². The quantitative estimate of drug-likeness (QED) is 0.0408. The standard InChI is InChI=1S/C29H55N4O12P/c1-5-6-16-42-21(2)18-26(35)32-24(20-43-28(37)12-8-7-9-14-30)11-10-15-31-29(38)25(13-17-44-46(39,40)41)33-27(36)19-22(3)45-23(4)34/h21-22,24-25H,5-20,30H2,1-4H3,(H,31,38)(H,32,35)(H,33,36)(H2,39,40,41)/t21-,22-,24-,25+/m1/s1. The monoisotopic (exact) mass is 682 g/mol. The molecule has 0 heterocycles. The molecule has 0 aliphatic carbocycles. The number of carbonyl (C=O) groups is 5. The van der Waals surface area contributed by atoms with Crippen LogP contribution in [0, 0.1) is 0 Å². The van der Waals surface area contributed by atoms with Gasteiger partial charge < -0.3 is 45.7 Å². The van der Waals surface area contributed by atoms with Crippen LogP contribution >= 0.6 is 7.82 Å². The van der Waals surface area contributed by atoms with Crippen molar-refractivity contribution in [3.05, 3.63) is 0 Å². The highest BCUT2D eigenvalue weighted by molar-refractivity contribution is 7.46. The Bertz CT molecular complexity index is 965. The van der Waals surface area contributed by atoms with Gasteiger partial charge in [0.15, 0.2) is 0 Å². The number of hydrogen-bond donors (Lipinski definition) is 6. The van der Waals surface area contributed by atoms with E-state index < -0.39 is 50.4 Å². The number of phosphoric acid groups is 1. The summed E-state index contributed by atoms with van der Waals surface area (Å²) in [6.07, 6.45) is 3.63. The number of carbonyl (C=O) groups excluding carboxylic acids is 5. The summed E-state index contributed by atoms with van der Waals surface area (Å²) in [6.45, 7) is 7.17. The van der Waals surface area contributed by atoms with Gasteiger partial charge in [0.25, 0.3) is 0 Å². The Hall–Kier alpha value is -2.62. The number of unbranched alkanes of at least 4 members (excludes halogenated alkanes) is 3. The molecular weight excluding hydrogens is 627 g/mol. The average molecular weight is 683 g/mol. The summed E-state index contributed by atoms with van der Waals surface area (Å²) in [7, 11) is -4.80. The second-order valence-electron chi connectivity index (χ2n) is 11.1. The van der Waals surface area contributed by atoms with E-state index >= 15 is 0 Å². The second kappa shape index (κ2) is 25.5. The van der Waals surface area contributed by atoms with E-state index in [0.29, 0.717) is 32.4 Å². The molecule has 17 heteroatoms. The van der Waals surface area contributed by atoms with Crippen molar-refractivity contribution in [2.75, 3.05) is 32.9 Å². The van der Waals surface area contributed by atoms with Crippen LogP contribution in [0.3, 0.4) is 0 Å². The zero-order chi connectivity index (χ0) is 35.0. The number of hydrogen-bond acceptors (Lipinski definition) is 11. The van der Waals surface area contributed by atoms with Crippen LogP contribution in [-0.4, -0.2) is 96.6 Å². The maximum absolute atomic E-state index is 12.9. The van der Waals surface area contributed by atoms with Crippen molar-refractivity contribution >= 4 is 37.5 Å². The first kappa shape index (κ1) is 43.4. The molecule has 0 bridgehead atoms. The van der Waals surface area contributed by atoms with Gasteiger partial charge in [-0.2, -0.15) is 0 Å². The highest BCUT2D eigenvalue weighted by Crippen LogP contribution is 2.35. The average Bonchev–Trinajstić information content (AvgIpc) is 2.94. The van der Waals surface area contributed by atoms with Crippen molar-refractivity contribution in [3.63, 3.8) is 0 Å². The van der Waals surface area contributed by atoms with Gasteiger partial charge in [-0.3, -0.25) is 28.5 Å². The maximum atomic E-state index is 12.9. The summed E-state index contributed by atoms with van der Waals surface area (Å²) in [6, 6.07) is -1.73. The zero-order valence-corrected chi connectivity index (χ0v) is 28.5. The Morgan fingerprint density at radius 3 is 2.17 bits per heavy atom. The molecule has 0 radical (unpaired) electrons. The van der Waals surface area contributed by atoms with Gasteiger partial charge in [0, 0.05) is 32.9 Å². The van der Waals surface area contributed by atoms with E-state index in [9.17, 15) is 28.5 Å². The molecule has 4 atom stereocenters. The lowest BCUT2D eigenvalue weighted by atomic mass is 10.1. The largest absolute Gasteiger partial charge is 0.469 e. The van der Waals surface area contributed by atoms with Gasteiger partial charge in [-0.05, 0) is 52.5 Å². The molecule has 268 valence electrons. The van der Waals surface area contributed by atoms with Crippen LogP contribution in [0.1, 0.15) is 98.3 Å². The molecule has 0 saturated carbocycles. The Balaban J connectivity index is 5.15. The number of esters is 2. The van der Waals surface area contributed by atoms with Gasteiger partial charge in [-0.25, -0.2) is 4.57 Å². The molecule has 0 aromatic rings.